The monoisotopic (exact) mass is 341 g/mol. The highest BCUT2D eigenvalue weighted by atomic mass is 32.1. The van der Waals surface area contributed by atoms with Crippen molar-refractivity contribution in [1.82, 2.24) is 4.98 Å². The van der Waals surface area contributed by atoms with Crippen LogP contribution >= 0.6 is 11.3 Å². The zero-order valence-corrected chi connectivity index (χ0v) is 13.9. The molecule has 0 saturated carbocycles. The fourth-order valence-electron chi connectivity index (χ4n) is 2.26. The van der Waals surface area contributed by atoms with Crippen LogP contribution < -0.4 is 10.6 Å². The van der Waals surface area contributed by atoms with Gasteiger partial charge in [0.15, 0.2) is 5.13 Å². The molecule has 0 bridgehead atoms. The van der Waals surface area contributed by atoms with Crippen LogP contribution in [-0.4, -0.2) is 21.9 Å². The highest BCUT2D eigenvalue weighted by Crippen LogP contribution is 2.29. The van der Waals surface area contributed by atoms with Gasteiger partial charge in [0, 0.05) is 21.3 Å². The summed E-state index contributed by atoms with van der Waals surface area (Å²) in [6, 6.07) is 10.1. The number of carbonyl (C=O) groups excluding carboxylic acids is 2. The second kappa shape index (κ2) is 6.29. The van der Waals surface area contributed by atoms with Gasteiger partial charge in [-0.05, 0) is 26.0 Å². The smallest absolute Gasteiger partial charge is 0.315 e. The first-order chi connectivity index (χ1) is 11.5. The minimum absolute atomic E-state index is 0.113. The van der Waals surface area contributed by atoms with E-state index in [9.17, 15) is 14.7 Å². The molecule has 2 amide bonds. The van der Waals surface area contributed by atoms with Crippen LogP contribution in [0.25, 0.3) is 10.8 Å². The van der Waals surface area contributed by atoms with Crippen molar-refractivity contribution in [3.8, 4) is 5.75 Å². The largest absolute Gasteiger partial charge is 0.507 e. The predicted octanol–water partition coefficient (Wildman–Crippen LogP) is 3.20. The molecule has 3 N–H and O–H groups in total. The summed E-state index contributed by atoms with van der Waals surface area (Å²) in [5, 5.41) is 16.6. The van der Waals surface area contributed by atoms with Crippen molar-refractivity contribution in [2.75, 3.05) is 10.6 Å². The number of hydrogen-bond acceptors (Lipinski definition) is 5. The van der Waals surface area contributed by atoms with Crippen molar-refractivity contribution in [2.24, 2.45) is 0 Å². The van der Waals surface area contributed by atoms with E-state index in [-0.39, 0.29) is 5.75 Å². The van der Waals surface area contributed by atoms with E-state index in [2.05, 4.69) is 15.6 Å². The van der Waals surface area contributed by atoms with Crippen molar-refractivity contribution < 1.29 is 14.7 Å². The number of aromatic nitrogens is 1. The topological polar surface area (TPSA) is 91.3 Å². The zero-order valence-electron chi connectivity index (χ0n) is 13.1. The number of nitrogens with zero attached hydrogens (tertiary/aromatic N) is 1. The number of aryl methyl sites for hydroxylation is 2. The van der Waals surface area contributed by atoms with Crippen LogP contribution in [-0.2, 0) is 9.59 Å². The molecule has 2 aromatic carbocycles. The molecule has 3 aromatic rings. The third kappa shape index (κ3) is 3.07. The number of carbonyl (C=O) groups is 2. The number of nitrogens with one attached hydrogen (secondary N) is 2. The van der Waals surface area contributed by atoms with Crippen molar-refractivity contribution in [3.63, 3.8) is 0 Å². The lowest BCUT2D eigenvalue weighted by Gasteiger charge is -2.09. The molecular weight excluding hydrogens is 326 g/mol. The van der Waals surface area contributed by atoms with Crippen LogP contribution in [0.5, 0.6) is 5.75 Å². The third-order valence-corrected chi connectivity index (χ3v) is 4.59. The zero-order chi connectivity index (χ0) is 17.3. The maximum Gasteiger partial charge on any atom is 0.315 e. The molecule has 6 nitrogen and oxygen atoms in total. The molecule has 1 heterocycles. The molecule has 0 saturated heterocycles. The van der Waals surface area contributed by atoms with E-state index in [1.54, 1.807) is 36.4 Å². The molecule has 3 rings (SSSR count). The maximum absolute atomic E-state index is 12.1. The highest BCUT2D eigenvalue weighted by molar-refractivity contribution is 7.15. The predicted molar refractivity (Wildman–Crippen MR) is 94.5 cm³/mol. The normalized spacial score (nSPS) is 10.6. The van der Waals surface area contributed by atoms with Crippen molar-refractivity contribution >= 4 is 44.7 Å². The Kier molecular flexibility index (Phi) is 4.18. The first-order valence-corrected chi connectivity index (χ1v) is 8.04. The Morgan fingerprint density at radius 1 is 1.00 bits per heavy atom. The Morgan fingerprint density at radius 3 is 2.38 bits per heavy atom. The van der Waals surface area contributed by atoms with E-state index in [1.807, 2.05) is 13.8 Å². The number of phenols is 1. The number of amides is 2. The Bertz CT molecular complexity index is 930. The van der Waals surface area contributed by atoms with Gasteiger partial charge < -0.3 is 10.4 Å². The van der Waals surface area contributed by atoms with Gasteiger partial charge in [0.25, 0.3) is 0 Å². The van der Waals surface area contributed by atoms with E-state index in [1.165, 1.54) is 11.3 Å². The molecule has 1 aromatic heterocycles. The van der Waals surface area contributed by atoms with Gasteiger partial charge in [0.2, 0.25) is 0 Å². The quantitative estimate of drug-likeness (QED) is 0.624. The van der Waals surface area contributed by atoms with Gasteiger partial charge in [0.05, 0.1) is 5.69 Å². The van der Waals surface area contributed by atoms with Crippen LogP contribution in [0.3, 0.4) is 0 Å². The summed E-state index contributed by atoms with van der Waals surface area (Å²) < 4.78 is 0. The van der Waals surface area contributed by atoms with E-state index in [0.717, 1.165) is 10.6 Å². The fourth-order valence-corrected chi connectivity index (χ4v) is 3.07. The number of benzene rings is 2. The Hall–Kier alpha value is -2.93. The standard InChI is InChI=1S/C17H15N3O3S/c1-9-10(2)24-17(18-9)20-16(23)15(22)19-13-7-3-6-12-11(13)5-4-8-14(12)21/h3-8,21H,1-2H3,(H,19,22)(H,18,20,23). The van der Waals surface area contributed by atoms with E-state index < -0.39 is 11.8 Å². The van der Waals surface area contributed by atoms with Gasteiger partial charge in [-0.2, -0.15) is 0 Å². The fraction of sp³-hybridized carbons (Fsp3) is 0.118. The molecule has 0 unspecified atom stereocenters. The third-order valence-electron chi connectivity index (χ3n) is 3.60. The molecule has 24 heavy (non-hydrogen) atoms. The summed E-state index contributed by atoms with van der Waals surface area (Å²) in [7, 11) is 0. The van der Waals surface area contributed by atoms with Gasteiger partial charge >= 0.3 is 11.8 Å². The summed E-state index contributed by atoms with van der Waals surface area (Å²) in [5.74, 6) is -1.47. The number of rotatable bonds is 2. The number of aromatic hydroxyl groups is 1. The second-order valence-electron chi connectivity index (χ2n) is 5.25. The Labute approximate surface area is 142 Å². The van der Waals surface area contributed by atoms with Crippen LogP contribution in [0.15, 0.2) is 36.4 Å². The average Bonchev–Trinajstić information content (AvgIpc) is 2.86. The van der Waals surface area contributed by atoms with Crippen LogP contribution in [0.4, 0.5) is 10.8 Å². The molecule has 0 aliphatic heterocycles. The molecule has 7 heteroatoms. The molecule has 0 radical (unpaired) electrons. The molecular formula is C17H15N3O3S. The van der Waals surface area contributed by atoms with Crippen molar-refractivity contribution in [3.05, 3.63) is 47.0 Å². The summed E-state index contributed by atoms with van der Waals surface area (Å²) in [4.78, 5) is 29.3. The molecule has 0 aliphatic carbocycles. The van der Waals surface area contributed by atoms with Gasteiger partial charge in [-0.25, -0.2) is 4.98 Å². The second-order valence-corrected chi connectivity index (χ2v) is 6.45. The summed E-state index contributed by atoms with van der Waals surface area (Å²) >= 11 is 1.31. The molecule has 0 atom stereocenters. The van der Waals surface area contributed by atoms with Gasteiger partial charge in [-0.1, -0.05) is 24.3 Å². The lowest BCUT2D eigenvalue weighted by molar-refractivity contribution is -0.132. The number of thiazole rings is 1. The van der Waals surface area contributed by atoms with E-state index >= 15 is 0 Å². The summed E-state index contributed by atoms with van der Waals surface area (Å²) in [6.45, 7) is 3.73. The Morgan fingerprint density at radius 2 is 1.67 bits per heavy atom. The molecule has 0 aliphatic rings. The molecule has 0 spiro atoms. The SMILES string of the molecule is Cc1nc(NC(=O)C(=O)Nc2cccc3c(O)cccc23)sc1C. The molecule has 0 fully saturated rings. The van der Waals surface area contributed by atoms with Crippen LogP contribution in [0.2, 0.25) is 0 Å². The number of fused-ring (bicyclic) bond motifs is 1. The van der Waals surface area contributed by atoms with Crippen LogP contribution in [0, 0.1) is 13.8 Å². The summed E-state index contributed by atoms with van der Waals surface area (Å²) in [6.07, 6.45) is 0. The summed E-state index contributed by atoms with van der Waals surface area (Å²) in [5.41, 5.74) is 1.27. The minimum Gasteiger partial charge on any atom is -0.507 e. The van der Waals surface area contributed by atoms with Crippen molar-refractivity contribution in [1.29, 1.82) is 0 Å². The number of hydrogen-bond donors (Lipinski definition) is 3. The number of phenolic OH excluding ortho intramolecular Hbond substituents is 1. The first kappa shape index (κ1) is 15.9. The average molecular weight is 341 g/mol. The lowest BCUT2D eigenvalue weighted by Crippen LogP contribution is -2.29. The van der Waals surface area contributed by atoms with Gasteiger partial charge in [-0.15, -0.1) is 11.3 Å². The van der Waals surface area contributed by atoms with Gasteiger partial charge in [0.1, 0.15) is 5.75 Å². The van der Waals surface area contributed by atoms with Crippen molar-refractivity contribution in [2.45, 2.75) is 13.8 Å². The highest BCUT2D eigenvalue weighted by Gasteiger charge is 2.17. The van der Waals surface area contributed by atoms with Gasteiger partial charge in [-0.3, -0.25) is 14.9 Å². The lowest BCUT2D eigenvalue weighted by atomic mass is 10.1. The van der Waals surface area contributed by atoms with E-state index in [4.69, 9.17) is 0 Å². The Balaban J connectivity index is 1.79. The number of anilines is 2. The van der Waals surface area contributed by atoms with E-state index in [0.29, 0.717) is 21.6 Å². The minimum atomic E-state index is -0.795. The maximum atomic E-state index is 12.1. The molecule has 122 valence electrons. The first-order valence-electron chi connectivity index (χ1n) is 7.23. The van der Waals surface area contributed by atoms with Crippen LogP contribution in [0.1, 0.15) is 10.6 Å².